The smallest absolute Gasteiger partial charge is 0.0366 e. The van der Waals surface area contributed by atoms with E-state index in [0.717, 1.165) is 26.2 Å². The highest BCUT2D eigenvalue weighted by molar-refractivity contribution is 5.47. The zero-order valence-corrected chi connectivity index (χ0v) is 9.97. The Morgan fingerprint density at radius 2 is 2.12 bits per heavy atom. The first-order valence-corrected chi connectivity index (χ1v) is 6.01. The van der Waals surface area contributed by atoms with Gasteiger partial charge in [-0.3, -0.25) is 0 Å². The van der Waals surface area contributed by atoms with Gasteiger partial charge in [0.15, 0.2) is 0 Å². The molecule has 1 atom stereocenters. The van der Waals surface area contributed by atoms with E-state index < -0.39 is 0 Å². The van der Waals surface area contributed by atoms with Crippen LogP contribution in [0, 0.1) is 0 Å². The Morgan fingerprint density at radius 3 is 2.81 bits per heavy atom. The molecular formula is C13H21N3. The zero-order chi connectivity index (χ0) is 11.4. The van der Waals surface area contributed by atoms with E-state index in [1.165, 1.54) is 12.1 Å². The lowest BCUT2D eigenvalue weighted by Crippen LogP contribution is -2.37. The van der Waals surface area contributed by atoms with Crippen LogP contribution in [-0.4, -0.2) is 44.2 Å². The summed E-state index contributed by atoms with van der Waals surface area (Å²) in [6, 6.07) is 11.3. The van der Waals surface area contributed by atoms with Crippen molar-refractivity contribution in [1.82, 2.24) is 4.90 Å². The Morgan fingerprint density at radius 1 is 1.38 bits per heavy atom. The van der Waals surface area contributed by atoms with E-state index in [-0.39, 0.29) is 0 Å². The minimum atomic E-state index is 0.656. The molecule has 1 aliphatic rings. The molecule has 2 N–H and O–H groups in total. The van der Waals surface area contributed by atoms with Crippen LogP contribution in [0.25, 0.3) is 0 Å². The summed E-state index contributed by atoms with van der Waals surface area (Å²) in [5, 5.41) is 0. The zero-order valence-electron chi connectivity index (χ0n) is 9.97. The van der Waals surface area contributed by atoms with E-state index >= 15 is 0 Å². The highest BCUT2D eigenvalue weighted by Gasteiger charge is 2.25. The second kappa shape index (κ2) is 5.32. The van der Waals surface area contributed by atoms with Crippen LogP contribution < -0.4 is 10.6 Å². The van der Waals surface area contributed by atoms with Crippen molar-refractivity contribution in [2.45, 2.75) is 12.5 Å². The van der Waals surface area contributed by atoms with Gasteiger partial charge in [0.2, 0.25) is 0 Å². The molecule has 88 valence electrons. The molecule has 0 bridgehead atoms. The van der Waals surface area contributed by atoms with Gasteiger partial charge in [0.05, 0.1) is 0 Å². The second-order valence-electron chi connectivity index (χ2n) is 4.49. The third kappa shape index (κ3) is 2.54. The van der Waals surface area contributed by atoms with Crippen molar-refractivity contribution in [2.24, 2.45) is 5.73 Å². The van der Waals surface area contributed by atoms with Gasteiger partial charge in [0, 0.05) is 37.9 Å². The van der Waals surface area contributed by atoms with Gasteiger partial charge in [-0.1, -0.05) is 18.2 Å². The molecule has 3 heteroatoms. The van der Waals surface area contributed by atoms with E-state index in [2.05, 4.69) is 47.2 Å². The Bertz CT molecular complexity index is 312. The van der Waals surface area contributed by atoms with Crippen molar-refractivity contribution in [3.05, 3.63) is 30.3 Å². The van der Waals surface area contributed by atoms with Crippen LogP contribution in [0.15, 0.2) is 30.3 Å². The lowest BCUT2D eigenvalue weighted by molar-refractivity contribution is 0.266. The standard InChI is InChI=1S/C13H21N3/c1-15(10-8-14)13-7-9-16(11-13)12-5-3-2-4-6-12/h2-6,13H,7-11,14H2,1H3. The molecule has 1 fully saturated rings. The van der Waals surface area contributed by atoms with Gasteiger partial charge in [-0.2, -0.15) is 0 Å². The molecule has 1 heterocycles. The summed E-state index contributed by atoms with van der Waals surface area (Å²) >= 11 is 0. The number of likely N-dealkylation sites (N-methyl/N-ethyl adjacent to an activating group) is 1. The summed E-state index contributed by atoms with van der Waals surface area (Å²) in [5.41, 5.74) is 6.93. The SMILES string of the molecule is CN(CCN)C1CCN(c2ccccc2)C1. The molecule has 1 aliphatic heterocycles. The van der Waals surface area contributed by atoms with Gasteiger partial charge < -0.3 is 15.5 Å². The first-order chi connectivity index (χ1) is 7.81. The predicted octanol–water partition coefficient (Wildman–Crippen LogP) is 1.16. The Kier molecular flexibility index (Phi) is 3.80. The summed E-state index contributed by atoms with van der Waals surface area (Å²) < 4.78 is 0. The summed E-state index contributed by atoms with van der Waals surface area (Å²) in [6.07, 6.45) is 1.24. The predicted molar refractivity (Wildman–Crippen MR) is 68.7 cm³/mol. The van der Waals surface area contributed by atoms with Gasteiger partial charge in [0.1, 0.15) is 0 Å². The van der Waals surface area contributed by atoms with Crippen molar-refractivity contribution in [2.75, 3.05) is 38.1 Å². The molecule has 3 nitrogen and oxygen atoms in total. The summed E-state index contributed by atoms with van der Waals surface area (Å²) in [6.45, 7) is 4.02. The molecule has 1 aromatic carbocycles. The van der Waals surface area contributed by atoms with E-state index in [1.807, 2.05) is 0 Å². The van der Waals surface area contributed by atoms with Crippen LogP contribution in [0.2, 0.25) is 0 Å². The highest BCUT2D eigenvalue weighted by Crippen LogP contribution is 2.21. The molecule has 0 spiro atoms. The maximum atomic E-state index is 5.59. The average Bonchev–Trinajstić information content (AvgIpc) is 2.80. The molecule has 0 saturated carbocycles. The lowest BCUT2D eigenvalue weighted by atomic mass is 10.2. The summed E-state index contributed by atoms with van der Waals surface area (Å²) in [4.78, 5) is 4.83. The topological polar surface area (TPSA) is 32.5 Å². The molecule has 1 aromatic rings. The number of rotatable bonds is 4. The van der Waals surface area contributed by atoms with Crippen LogP contribution in [0.4, 0.5) is 5.69 Å². The number of nitrogens with two attached hydrogens (primary N) is 1. The quantitative estimate of drug-likeness (QED) is 0.824. The van der Waals surface area contributed by atoms with Crippen molar-refractivity contribution >= 4 is 5.69 Å². The molecule has 1 unspecified atom stereocenters. The van der Waals surface area contributed by atoms with E-state index in [1.54, 1.807) is 0 Å². The number of nitrogens with zero attached hydrogens (tertiary/aromatic N) is 2. The monoisotopic (exact) mass is 219 g/mol. The number of anilines is 1. The number of benzene rings is 1. The van der Waals surface area contributed by atoms with Crippen LogP contribution in [-0.2, 0) is 0 Å². The normalized spacial score (nSPS) is 20.7. The van der Waals surface area contributed by atoms with Crippen LogP contribution in [0.3, 0.4) is 0 Å². The van der Waals surface area contributed by atoms with E-state index in [9.17, 15) is 0 Å². The maximum Gasteiger partial charge on any atom is 0.0366 e. The largest absolute Gasteiger partial charge is 0.370 e. The van der Waals surface area contributed by atoms with Crippen molar-refractivity contribution in [3.8, 4) is 0 Å². The molecule has 0 radical (unpaired) electrons. The van der Waals surface area contributed by atoms with Crippen LogP contribution >= 0.6 is 0 Å². The summed E-state index contributed by atoms with van der Waals surface area (Å²) in [5.74, 6) is 0. The third-order valence-corrected chi connectivity index (χ3v) is 3.39. The van der Waals surface area contributed by atoms with Crippen LogP contribution in [0.5, 0.6) is 0 Å². The minimum Gasteiger partial charge on any atom is -0.370 e. The molecule has 0 aliphatic carbocycles. The molecular weight excluding hydrogens is 198 g/mol. The van der Waals surface area contributed by atoms with Gasteiger partial charge in [0.25, 0.3) is 0 Å². The fourth-order valence-corrected chi connectivity index (χ4v) is 2.36. The fourth-order valence-electron chi connectivity index (χ4n) is 2.36. The molecule has 1 saturated heterocycles. The van der Waals surface area contributed by atoms with Gasteiger partial charge in [-0.05, 0) is 25.6 Å². The Hall–Kier alpha value is -1.06. The minimum absolute atomic E-state index is 0.656. The number of hydrogen-bond donors (Lipinski definition) is 1. The van der Waals surface area contributed by atoms with Gasteiger partial charge in [-0.25, -0.2) is 0 Å². The number of hydrogen-bond acceptors (Lipinski definition) is 3. The molecule has 2 rings (SSSR count). The van der Waals surface area contributed by atoms with Crippen molar-refractivity contribution < 1.29 is 0 Å². The fraction of sp³-hybridized carbons (Fsp3) is 0.538. The lowest BCUT2D eigenvalue weighted by Gasteiger charge is -2.24. The number of para-hydroxylation sites is 1. The Balaban J connectivity index is 1.93. The maximum absolute atomic E-state index is 5.59. The van der Waals surface area contributed by atoms with Crippen LogP contribution in [0.1, 0.15) is 6.42 Å². The van der Waals surface area contributed by atoms with Gasteiger partial charge in [-0.15, -0.1) is 0 Å². The van der Waals surface area contributed by atoms with Crippen molar-refractivity contribution in [3.63, 3.8) is 0 Å². The molecule has 0 amide bonds. The highest BCUT2D eigenvalue weighted by atomic mass is 15.2. The Labute approximate surface area is 97.8 Å². The molecule has 16 heavy (non-hydrogen) atoms. The van der Waals surface area contributed by atoms with E-state index in [0.29, 0.717) is 6.04 Å². The first-order valence-electron chi connectivity index (χ1n) is 6.01. The van der Waals surface area contributed by atoms with Crippen molar-refractivity contribution in [1.29, 1.82) is 0 Å². The van der Waals surface area contributed by atoms with E-state index in [4.69, 9.17) is 5.73 Å². The third-order valence-electron chi connectivity index (χ3n) is 3.39. The van der Waals surface area contributed by atoms with Gasteiger partial charge >= 0.3 is 0 Å². The first kappa shape index (κ1) is 11.4. The molecule has 0 aromatic heterocycles. The average molecular weight is 219 g/mol. The summed E-state index contributed by atoms with van der Waals surface area (Å²) in [7, 11) is 2.17. The second-order valence-corrected chi connectivity index (χ2v) is 4.49.